The highest BCUT2D eigenvalue weighted by molar-refractivity contribution is 7.18. The monoisotopic (exact) mass is 390 g/mol. The first kappa shape index (κ1) is 18.9. The lowest BCUT2D eigenvalue weighted by molar-refractivity contribution is 0.240. The molecule has 7 heteroatoms. The topological polar surface area (TPSA) is 64.3 Å². The number of methoxy groups -OCH3 is 1. The van der Waals surface area contributed by atoms with E-state index in [-0.39, 0.29) is 6.04 Å². The summed E-state index contributed by atoms with van der Waals surface area (Å²) in [6.07, 6.45) is 0. The van der Waals surface area contributed by atoms with Crippen molar-refractivity contribution < 1.29 is 4.74 Å². The van der Waals surface area contributed by atoms with Crippen molar-refractivity contribution in [1.82, 2.24) is 14.9 Å². The summed E-state index contributed by atoms with van der Waals surface area (Å²) < 4.78 is 5.44. The second kappa shape index (κ2) is 7.39. The number of rotatable bonds is 5. The molecular formula is C19H23ClN4OS. The molecule has 0 amide bonds. The van der Waals surface area contributed by atoms with Crippen molar-refractivity contribution in [2.75, 3.05) is 19.9 Å². The van der Waals surface area contributed by atoms with Gasteiger partial charge in [-0.05, 0) is 51.6 Å². The number of ether oxygens (including phenoxy) is 1. The third-order valence-corrected chi connectivity index (χ3v) is 6.11. The predicted molar refractivity (Wildman–Crippen MR) is 109 cm³/mol. The lowest BCUT2D eigenvalue weighted by atomic mass is 10.1. The molecule has 0 aliphatic heterocycles. The Morgan fingerprint density at radius 1 is 1.31 bits per heavy atom. The van der Waals surface area contributed by atoms with E-state index in [1.54, 1.807) is 18.4 Å². The average Bonchev–Trinajstić information content (AvgIpc) is 2.89. The lowest BCUT2D eigenvalue weighted by Gasteiger charge is -2.24. The third-order valence-electron chi connectivity index (χ3n) is 4.77. The minimum Gasteiger partial charge on any atom is -0.496 e. The number of anilines is 1. The molecule has 1 atom stereocenters. The smallest absolute Gasteiger partial charge is 0.149 e. The number of nitrogens with two attached hydrogens (primary N) is 1. The molecule has 5 nitrogen and oxygen atoms in total. The molecule has 3 rings (SSSR count). The molecule has 0 saturated carbocycles. The summed E-state index contributed by atoms with van der Waals surface area (Å²) in [5.41, 5.74) is 8.41. The molecular weight excluding hydrogens is 368 g/mol. The van der Waals surface area contributed by atoms with E-state index in [2.05, 4.69) is 30.7 Å². The van der Waals surface area contributed by atoms with Gasteiger partial charge in [0.25, 0.3) is 0 Å². The molecule has 2 aromatic heterocycles. The maximum absolute atomic E-state index is 6.23. The highest BCUT2D eigenvalue weighted by Crippen LogP contribution is 2.33. The standard InChI is InChI=1S/C19H23ClN4OS/c1-10-12(3)26-19-16(10)17(21)22-18(23-19)11(2)24(4)9-13-8-14(20)6-7-15(13)25-5/h6-8,11H,9H2,1-5H3,(H2,21,22,23)/t11-/m1/s1. The summed E-state index contributed by atoms with van der Waals surface area (Å²) in [5, 5.41) is 1.66. The van der Waals surface area contributed by atoms with Gasteiger partial charge in [-0.2, -0.15) is 0 Å². The highest BCUT2D eigenvalue weighted by Gasteiger charge is 2.20. The Kier molecular flexibility index (Phi) is 5.37. The Morgan fingerprint density at radius 2 is 2.04 bits per heavy atom. The van der Waals surface area contributed by atoms with Gasteiger partial charge in [0.15, 0.2) is 0 Å². The van der Waals surface area contributed by atoms with Crippen LogP contribution in [-0.4, -0.2) is 29.0 Å². The van der Waals surface area contributed by atoms with Crippen molar-refractivity contribution >= 4 is 39.0 Å². The zero-order chi connectivity index (χ0) is 19.0. The molecule has 0 radical (unpaired) electrons. The number of thiophene rings is 1. The minimum absolute atomic E-state index is 0.00639. The third kappa shape index (κ3) is 3.49. The van der Waals surface area contributed by atoms with Crippen LogP contribution in [0.2, 0.25) is 5.02 Å². The maximum atomic E-state index is 6.23. The van der Waals surface area contributed by atoms with Gasteiger partial charge in [0.2, 0.25) is 0 Å². The number of aryl methyl sites for hydroxylation is 2. The van der Waals surface area contributed by atoms with E-state index in [1.807, 2.05) is 25.2 Å². The van der Waals surface area contributed by atoms with Crippen LogP contribution in [0.25, 0.3) is 10.2 Å². The Bertz CT molecular complexity index is 956. The van der Waals surface area contributed by atoms with Crippen LogP contribution >= 0.6 is 22.9 Å². The van der Waals surface area contributed by atoms with E-state index in [0.29, 0.717) is 17.4 Å². The summed E-state index contributed by atoms with van der Waals surface area (Å²) in [7, 11) is 3.69. The molecule has 2 N–H and O–H groups in total. The van der Waals surface area contributed by atoms with Crippen LogP contribution in [-0.2, 0) is 6.54 Å². The van der Waals surface area contributed by atoms with Gasteiger partial charge >= 0.3 is 0 Å². The number of nitrogen functional groups attached to an aromatic ring is 1. The van der Waals surface area contributed by atoms with E-state index in [9.17, 15) is 0 Å². The van der Waals surface area contributed by atoms with E-state index in [1.165, 1.54) is 10.4 Å². The summed E-state index contributed by atoms with van der Waals surface area (Å²) in [6, 6.07) is 5.63. The zero-order valence-electron chi connectivity index (χ0n) is 15.6. The Labute approximate surface area is 162 Å². The van der Waals surface area contributed by atoms with Gasteiger partial charge in [0, 0.05) is 22.0 Å². The summed E-state index contributed by atoms with van der Waals surface area (Å²) in [6.45, 7) is 6.88. The number of aromatic nitrogens is 2. The maximum Gasteiger partial charge on any atom is 0.149 e. The summed E-state index contributed by atoms with van der Waals surface area (Å²) >= 11 is 7.80. The van der Waals surface area contributed by atoms with Crippen molar-refractivity contribution in [3.63, 3.8) is 0 Å². The Hall–Kier alpha value is -1.89. The van der Waals surface area contributed by atoms with Gasteiger partial charge in [-0.25, -0.2) is 9.97 Å². The molecule has 0 aliphatic rings. The first-order chi connectivity index (χ1) is 12.3. The number of fused-ring (bicyclic) bond motifs is 1. The van der Waals surface area contributed by atoms with Crippen LogP contribution in [0.15, 0.2) is 18.2 Å². The summed E-state index contributed by atoms with van der Waals surface area (Å²) in [5.74, 6) is 2.08. The Morgan fingerprint density at radius 3 is 2.73 bits per heavy atom. The van der Waals surface area contributed by atoms with E-state index in [0.717, 1.165) is 27.4 Å². The van der Waals surface area contributed by atoms with Gasteiger partial charge in [-0.15, -0.1) is 11.3 Å². The van der Waals surface area contributed by atoms with Crippen molar-refractivity contribution in [3.8, 4) is 5.75 Å². The van der Waals surface area contributed by atoms with Crippen molar-refractivity contribution in [2.24, 2.45) is 0 Å². The molecule has 0 fully saturated rings. The van der Waals surface area contributed by atoms with Gasteiger partial charge in [-0.3, -0.25) is 4.90 Å². The zero-order valence-corrected chi connectivity index (χ0v) is 17.2. The number of nitrogens with zero attached hydrogens (tertiary/aromatic N) is 3. The second-order valence-electron chi connectivity index (χ2n) is 6.48. The quantitative estimate of drug-likeness (QED) is 0.681. The van der Waals surface area contributed by atoms with Crippen molar-refractivity contribution in [1.29, 1.82) is 0 Å². The fourth-order valence-corrected chi connectivity index (χ4v) is 4.20. The number of halogens is 1. The van der Waals surface area contributed by atoms with Crippen LogP contribution in [0.1, 0.15) is 34.8 Å². The van der Waals surface area contributed by atoms with Crippen LogP contribution in [0.5, 0.6) is 5.75 Å². The molecule has 0 unspecified atom stereocenters. The molecule has 2 heterocycles. The molecule has 26 heavy (non-hydrogen) atoms. The SMILES string of the molecule is COc1ccc(Cl)cc1CN(C)[C@H](C)c1nc(N)c2c(C)c(C)sc2n1. The van der Waals surface area contributed by atoms with Crippen molar-refractivity contribution in [3.05, 3.63) is 45.1 Å². The number of hydrogen-bond donors (Lipinski definition) is 1. The van der Waals surface area contributed by atoms with Crippen molar-refractivity contribution in [2.45, 2.75) is 33.4 Å². The van der Waals surface area contributed by atoms with Crippen LogP contribution in [0, 0.1) is 13.8 Å². The molecule has 0 spiro atoms. The average molecular weight is 391 g/mol. The van der Waals surface area contributed by atoms with Gasteiger partial charge in [-0.1, -0.05) is 11.6 Å². The molecule has 138 valence electrons. The molecule has 1 aromatic carbocycles. The second-order valence-corrected chi connectivity index (χ2v) is 8.12. The van der Waals surface area contributed by atoms with E-state index >= 15 is 0 Å². The summed E-state index contributed by atoms with van der Waals surface area (Å²) in [4.78, 5) is 13.7. The van der Waals surface area contributed by atoms with Gasteiger partial charge in [0.05, 0.1) is 18.5 Å². The molecule has 0 aliphatic carbocycles. The molecule has 0 bridgehead atoms. The lowest BCUT2D eigenvalue weighted by Crippen LogP contribution is -2.24. The predicted octanol–water partition coefficient (Wildman–Crippen LogP) is 4.75. The Balaban J connectivity index is 1.90. The first-order valence-electron chi connectivity index (χ1n) is 8.37. The van der Waals surface area contributed by atoms with Gasteiger partial charge < -0.3 is 10.5 Å². The highest BCUT2D eigenvalue weighted by atomic mass is 35.5. The fourth-order valence-electron chi connectivity index (χ4n) is 2.96. The van der Waals surface area contributed by atoms with E-state index < -0.39 is 0 Å². The minimum atomic E-state index is -0.00639. The number of benzene rings is 1. The largest absolute Gasteiger partial charge is 0.496 e. The van der Waals surface area contributed by atoms with Crippen LogP contribution < -0.4 is 10.5 Å². The number of hydrogen-bond acceptors (Lipinski definition) is 6. The molecule has 3 aromatic rings. The molecule has 0 saturated heterocycles. The van der Waals surface area contributed by atoms with Crippen LogP contribution in [0.3, 0.4) is 0 Å². The van der Waals surface area contributed by atoms with Crippen LogP contribution in [0.4, 0.5) is 5.82 Å². The van der Waals surface area contributed by atoms with E-state index in [4.69, 9.17) is 27.1 Å². The fraction of sp³-hybridized carbons (Fsp3) is 0.368. The van der Waals surface area contributed by atoms with Gasteiger partial charge in [0.1, 0.15) is 22.2 Å². The first-order valence-corrected chi connectivity index (χ1v) is 9.57. The normalized spacial score (nSPS) is 12.7.